The third kappa shape index (κ3) is 2.03. The predicted molar refractivity (Wildman–Crippen MR) is 74.8 cm³/mol. The van der Waals surface area contributed by atoms with E-state index in [9.17, 15) is 4.79 Å². The molecule has 0 unspecified atom stereocenters. The van der Waals surface area contributed by atoms with E-state index in [2.05, 4.69) is 10.1 Å². The number of para-hydroxylation sites is 1. The molecule has 0 atom stereocenters. The van der Waals surface area contributed by atoms with E-state index in [0.29, 0.717) is 12.2 Å². The van der Waals surface area contributed by atoms with Gasteiger partial charge in [-0.2, -0.15) is 5.10 Å². The quantitative estimate of drug-likeness (QED) is 0.791. The molecule has 0 saturated carbocycles. The van der Waals surface area contributed by atoms with Crippen LogP contribution in [0.1, 0.15) is 21.6 Å². The monoisotopic (exact) mass is 267 g/mol. The average molecular weight is 267 g/mol. The van der Waals surface area contributed by atoms with Gasteiger partial charge in [0.25, 0.3) is 0 Å². The van der Waals surface area contributed by atoms with Gasteiger partial charge in [-0.15, -0.1) is 0 Å². The molecule has 0 radical (unpaired) electrons. The molecular formula is C15H13N3O2. The normalized spacial score (nSPS) is 10.8. The molecule has 0 aliphatic carbocycles. The van der Waals surface area contributed by atoms with E-state index in [-0.39, 0.29) is 5.56 Å². The van der Waals surface area contributed by atoms with E-state index in [1.54, 1.807) is 17.8 Å². The number of carboxylic acid groups (broad SMARTS) is 1. The second kappa shape index (κ2) is 4.77. The van der Waals surface area contributed by atoms with E-state index >= 15 is 0 Å². The zero-order valence-electron chi connectivity index (χ0n) is 10.9. The summed E-state index contributed by atoms with van der Waals surface area (Å²) in [6.45, 7) is 2.27. The van der Waals surface area contributed by atoms with Crippen molar-refractivity contribution in [1.82, 2.24) is 14.8 Å². The van der Waals surface area contributed by atoms with Crippen LogP contribution in [0.4, 0.5) is 0 Å². The van der Waals surface area contributed by atoms with Crippen molar-refractivity contribution in [1.29, 1.82) is 0 Å². The molecule has 0 fully saturated rings. The van der Waals surface area contributed by atoms with Gasteiger partial charge < -0.3 is 5.11 Å². The van der Waals surface area contributed by atoms with Crippen molar-refractivity contribution in [3.63, 3.8) is 0 Å². The number of rotatable bonds is 3. The van der Waals surface area contributed by atoms with Gasteiger partial charge in [0.1, 0.15) is 5.56 Å². The van der Waals surface area contributed by atoms with E-state index in [1.165, 1.54) is 6.20 Å². The Morgan fingerprint density at radius 2 is 2.10 bits per heavy atom. The molecule has 5 nitrogen and oxygen atoms in total. The highest BCUT2D eigenvalue weighted by molar-refractivity contribution is 5.88. The zero-order valence-corrected chi connectivity index (χ0v) is 10.9. The van der Waals surface area contributed by atoms with Crippen LogP contribution in [-0.4, -0.2) is 25.8 Å². The van der Waals surface area contributed by atoms with E-state index < -0.39 is 5.97 Å². The molecule has 1 N–H and O–H groups in total. The Labute approximate surface area is 115 Å². The van der Waals surface area contributed by atoms with Gasteiger partial charge in [-0.05, 0) is 18.6 Å². The van der Waals surface area contributed by atoms with Gasteiger partial charge in [0.05, 0.1) is 24.0 Å². The molecule has 0 spiro atoms. The third-order valence-corrected chi connectivity index (χ3v) is 3.37. The first-order valence-corrected chi connectivity index (χ1v) is 6.25. The lowest BCUT2D eigenvalue weighted by atomic mass is 10.1. The third-order valence-electron chi connectivity index (χ3n) is 3.37. The summed E-state index contributed by atoms with van der Waals surface area (Å²) in [5, 5.41) is 14.3. The first-order valence-electron chi connectivity index (χ1n) is 6.25. The smallest absolute Gasteiger partial charge is 0.339 e. The standard InChI is InChI=1S/C15H13N3O2/c1-10-13(15(19)20)8-17-18(10)9-12-5-2-4-11-6-3-7-16-14(11)12/h2-8H,9H2,1H3,(H,19,20). The Balaban J connectivity index is 2.04. The number of fused-ring (bicyclic) bond motifs is 1. The van der Waals surface area contributed by atoms with E-state index in [4.69, 9.17) is 5.11 Å². The number of nitrogens with zero attached hydrogens (tertiary/aromatic N) is 3. The Morgan fingerprint density at radius 1 is 1.30 bits per heavy atom. The summed E-state index contributed by atoms with van der Waals surface area (Å²) in [5.41, 5.74) is 2.82. The van der Waals surface area contributed by atoms with Gasteiger partial charge in [0.2, 0.25) is 0 Å². The van der Waals surface area contributed by atoms with Gasteiger partial charge in [0, 0.05) is 11.6 Å². The summed E-state index contributed by atoms with van der Waals surface area (Å²) in [5.74, 6) is -0.954. The van der Waals surface area contributed by atoms with Crippen molar-refractivity contribution in [2.75, 3.05) is 0 Å². The maximum atomic E-state index is 11.0. The van der Waals surface area contributed by atoms with E-state index in [0.717, 1.165) is 16.5 Å². The van der Waals surface area contributed by atoms with Crippen LogP contribution in [0.25, 0.3) is 10.9 Å². The van der Waals surface area contributed by atoms with Crippen molar-refractivity contribution in [2.45, 2.75) is 13.5 Å². The summed E-state index contributed by atoms with van der Waals surface area (Å²) in [6, 6.07) is 9.86. The molecule has 100 valence electrons. The fraction of sp³-hybridized carbons (Fsp3) is 0.133. The van der Waals surface area contributed by atoms with Crippen LogP contribution < -0.4 is 0 Å². The predicted octanol–water partition coefficient (Wildman–Crippen LogP) is 2.49. The first kappa shape index (κ1) is 12.3. The largest absolute Gasteiger partial charge is 0.478 e. The molecule has 0 amide bonds. The van der Waals surface area contributed by atoms with Crippen LogP contribution in [0.2, 0.25) is 0 Å². The number of aromatic nitrogens is 3. The Hall–Kier alpha value is -2.69. The minimum Gasteiger partial charge on any atom is -0.478 e. The molecule has 0 bridgehead atoms. The van der Waals surface area contributed by atoms with Gasteiger partial charge in [-0.25, -0.2) is 4.79 Å². The molecule has 3 aromatic rings. The van der Waals surface area contributed by atoms with Gasteiger partial charge in [-0.1, -0.05) is 24.3 Å². The van der Waals surface area contributed by atoms with E-state index in [1.807, 2.05) is 30.3 Å². The summed E-state index contributed by atoms with van der Waals surface area (Å²) >= 11 is 0. The highest BCUT2D eigenvalue weighted by atomic mass is 16.4. The van der Waals surface area contributed by atoms with Gasteiger partial charge >= 0.3 is 5.97 Å². The molecule has 0 saturated heterocycles. The lowest BCUT2D eigenvalue weighted by molar-refractivity contribution is 0.0696. The minimum absolute atomic E-state index is 0.234. The first-order chi connectivity index (χ1) is 9.66. The maximum absolute atomic E-state index is 11.0. The summed E-state index contributed by atoms with van der Waals surface area (Å²) < 4.78 is 1.69. The topological polar surface area (TPSA) is 68.0 Å². The van der Waals surface area contributed by atoms with Crippen LogP contribution >= 0.6 is 0 Å². The number of hydrogen-bond acceptors (Lipinski definition) is 3. The Morgan fingerprint density at radius 3 is 2.85 bits per heavy atom. The Bertz CT molecular complexity index is 787. The molecule has 5 heteroatoms. The van der Waals surface area contributed by atoms with Crippen molar-refractivity contribution in [3.05, 3.63) is 59.5 Å². The van der Waals surface area contributed by atoms with Crippen molar-refractivity contribution < 1.29 is 9.90 Å². The molecule has 20 heavy (non-hydrogen) atoms. The van der Waals surface area contributed by atoms with Crippen LogP contribution in [0.3, 0.4) is 0 Å². The van der Waals surface area contributed by atoms with Crippen molar-refractivity contribution in [2.24, 2.45) is 0 Å². The lowest BCUT2D eigenvalue weighted by Gasteiger charge is -2.07. The minimum atomic E-state index is -0.954. The van der Waals surface area contributed by atoms with Crippen LogP contribution in [0.5, 0.6) is 0 Å². The summed E-state index contributed by atoms with van der Waals surface area (Å²) in [4.78, 5) is 15.4. The average Bonchev–Trinajstić information content (AvgIpc) is 2.81. The molecular weight excluding hydrogens is 254 g/mol. The zero-order chi connectivity index (χ0) is 14.1. The highest BCUT2D eigenvalue weighted by Gasteiger charge is 2.13. The number of pyridine rings is 1. The van der Waals surface area contributed by atoms with Crippen molar-refractivity contribution >= 4 is 16.9 Å². The number of carboxylic acids is 1. The molecule has 1 aromatic carbocycles. The second-order valence-corrected chi connectivity index (χ2v) is 4.60. The van der Waals surface area contributed by atoms with Crippen LogP contribution in [0.15, 0.2) is 42.7 Å². The fourth-order valence-corrected chi connectivity index (χ4v) is 2.27. The number of carbonyl (C=O) groups is 1. The number of aromatic carboxylic acids is 1. The summed E-state index contributed by atoms with van der Waals surface area (Å²) in [7, 11) is 0. The SMILES string of the molecule is Cc1c(C(=O)O)cnn1Cc1cccc2cccnc12. The summed E-state index contributed by atoms with van der Waals surface area (Å²) in [6.07, 6.45) is 3.14. The highest BCUT2D eigenvalue weighted by Crippen LogP contribution is 2.18. The lowest BCUT2D eigenvalue weighted by Crippen LogP contribution is -2.06. The maximum Gasteiger partial charge on any atom is 0.339 e. The van der Waals surface area contributed by atoms with Crippen molar-refractivity contribution in [3.8, 4) is 0 Å². The molecule has 2 heterocycles. The number of benzene rings is 1. The molecule has 3 rings (SSSR count). The molecule has 2 aromatic heterocycles. The number of hydrogen-bond donors (Lipinski definition) is 1. The van der Waals surface area contributed by atoms with Crippen LogP contribution in [-0.2, 0) is 6.54 Å². The second-order valence-electron chi connectivity index (χ2n) is 4.60. The molecule has 0 aliphatic rings. The molecule has 0 aliphatic heterocycles. The Kier molecular flexibility index (Phi) is 2.95. The van der Waals surface area contributed by atoms with Gasteiger partial charge in [-0.3, -0.25) is 9.67 Å². The van der Waals surface area contributed by atoms with Crippen LogP contribution in [0, 0.1) is 6.92 Å². The fourth-order valence-electron chi connectivity index (χ4n) is 2.27. The van der Waals surface area contributed by atoms with Gasteiger partial charge in [0.15, 0.2) is 0 Å².